The van der Waals surface area contributed by atoms with Gasteiger partial charge in [-0.05, 0) is 49.8 Å². The van der Waals surface area contributed by atoms with Crippen LogP contribution in [0.4, 0.5) is 0 Å². The van der Waals surface area contributed by atoms with Crippen LogP contribution in [0.25, 0.3) is 0 Å². The van der Waals surface area contributed by atoms with E-state index in [9.17, 15) is 4.79 Å². The van der Waals surface area contributed by atoms with Crippen LogP contribution >= 0.6 is 12.4 Å². The van der Waals surface area contributed by atoms with Crippen LogP contribution < -0.4 is 10.6 Å². The molecule has 2 atom stereocenters. The van der Waals surface area contributed by atoms with Gasteiger partial charge in [0.2, 0.25) is 5.91 Å². The van der Waals surface area contributed by atoms with Crippen LogP contribution in [0.2, 0.25) is 0 Å². The molecular weight excluding hydrogens is 284 g/mol. The molecule has 4 heteroatoms. The molecule has 0 heterocycles. The van der Waals surface area contributed by atoms with E-state index in [4.69, 9.17) is 0 Å². The first-order valence-corrected chi connectivity index (χ1v) is 7.76. The van der Waals surface area contributed by atoms with Crippen molar-refractivity contribution in [2.75, 3.05) is 13.1 Å². The number of nitrogens with one attached hydrogen (secondary N) is 2. The Morgan fingerprint density at radius 2 is 2.05 bits per heavy atom. The Labute approximate surface area is 134 Å². The predicted molar refractivity (Wildman–Crippen MR) is 90.0 cm³/mol. The number of amides is 1. The molecule has 3 nitrogen and oxygen atoms in total. The standard InChI is InChI=1S/C17H26N2O.ClH/c1-3-18-13(2)12-19-17(20)11-14-8-9-15-6-4-5-7-16(15)10-14;/h4-7,13-14,18H,3,8-12H2,1-2H3,(H,19,20);1H/t13-,14?;/m1./s1. The van der Waals surface area contributed by atoms with E-state index >= 15 is 0 Å². The smallest absolute Gasteiger partial charge is 0.220 e. The number of hydrogen-bond acceptors (Lipinski definition) is 2. The summed E-state index contributed by atoms with van der Waals surface area (Å²) in [7, 11) is 0. The third-order valence-corrected chi connectivity index (χ3v) is 4.08. The lowest BCUT2D eigenvalue weighted by Gasteiger charge is -2.24. The molecule has 21 heavy (non-hydrogen) atoms. The Morgan fingerprint density at radius 1 is 1.33 bits per heavy atom. The largest absolute Gasteiger partial charge is 0.355 e. The van der Waals surface area contributed by atoms with Crippen molar-refractivity contribution in [3.8, 4) is 0 Å². The van der Waals surface area contributed by atoms with Crippen molar-refractivity contribution in [1.29, 1.82) is 0 Å². The summed E-state index contributed by atoms with van der Waals surface area (Å²) < 4.78 is 0. The molecule has 0 saturated heterocycles. The number of benzene rings is 1. The zero-order valence-corrected chi connectivity index (χ0v) is 13.8. The van der Waals surface area contributed by atoms with Crippen LogP contribution in [0, 0.1) is 5.92 Å². The molecule has 0 aromatic heterocycles. The number of halogens is 1. The minimum absolute atomic E-state index is 0. The van der Waals surface area contributed by atoms with Crippen LogP contribution in [-0.2, 0) is 17.6 Å². The Bertz CT molecular complexity index is 450. The third-order valence-electron chi connectivity index (χ3n) is 4.08. The van der Waals surface area contributed by atoms with Gasteiger partial charge in [-0.25, -0.2) is 0 Å². The summed E-state index contributed by atoms with van der Waals surface area (Å²) in [4.78, 5) is 12.0. The van der Waals surface area contributed by atoms with Gasteiger partial charge in [-0.15, -0.1) is 12.4 Å². The van der Waals surface area contributed by atoms with Gasteiger partial charge in [-0.1, -0.05) is 31.2 Å². The van der Waals surface area contributed by atoms with Gasteiger partial charge < -0.3 is 10.6 Å². The van der Waals surface area contributed by atoms with E-state index in [2.05, 4.69) is 48.7 Å². The summed E-state index contributed by atoms with van der Waals surface area (Å²) >= 11 is 0. The zero-order valence-electron chi connectivity index (χ0n) is 13.0. The fourth-order valence-corrected chi connectivity index (χ4v) is 2.97. The molecule has 0 aliphatic heterocycles. The molecule has 0 saturated carbocycles. The average molecular weight is 311 g/mol. The second kappa shape index (κ2) is 9.06. The van der Waals surface area contributed by atoms with Gasteiger partial charge in [0.05, 0.1) is 0 Å². The highest BCUT2D eigenvalue weighted by Gasteiger charge is 2.20. The zero-order chi connectivity index (χ0) is 14.4. The molecule has 0 bridgehead atoms. The lowest BCUT2D eigenvalue weighted by molar-refractivity contribution is -0.122. The average Bonchev–Trinajstić information content (AvgIpc) is 2.45. The van der Waals surface area contributed by atoms with Gasteiger partial charge in [0.15, 0.2) is 0 Å². The van der Waals surface area contributed by atoms with Gasteiger partial charge in [0.25, 0.3) is 0 Å². The van der Waals surface area contributed by atoms with E-state index in [1.807, 2.05) is 0 Å². The fourth-order valence-electron chi connectivity index (χ4n) is 2.97. The summed E-state index contributed by atoms with van der Waals surface area (Å²) in [6.07, 6.45) is 3.95. The number of rotatable bonds is 6. The molecular formula is C17H27ClN2O. The SMILES string of the molecule is CCN[C@H](C)CNC(=O)CC1CCc2ccccc2C1.Cl. The molecule has 118 valence electrons. The van der Waals surface area contributed by atoms with Crippen molar-refractivity contribution in [3.05, 3.63) is 35.4 Å². The Hall–Kier alpha value is -1.06. The van der Waals surface area contributed by atoms with Crippen LogP contribution in [0.1, 0.15) is 37.8 Å². The van der Waals surface area contributed by atoms with Crippen LogP contribution in [-0.4, -0.2) is 25.0 Å². The van der Waals surface area contributed by atoms with Crippen molar-refractivity contribution in [2.24, 2.45) is 5.92 Å². The maximum absolute atomic E-state index is 12.0. The molecule has 2 rings (SSSR count). The van der Waals surface area contributed by atoms with Gasteiger partial charge in [0, 0.05) is 19.0 Å². The number of hydrogen-bond donors (Lipinski definition) is 2. The van der Waals surface area contributed by atoms with Gasteiger partial charge >= 0.3 is 0 Å². The summed E-state index contributed by atoms with van der Waals surface area (Å²) in [6, 6.07) is 8.96. The predicted octanol–water partition coefficient (Wildman–Crippen LogP) is 2.72. The first-order chi connectivity index (χ1) is 9.69. The number of carbonyl (C=O) groups is 1. The molecule has 0 radical (unpaired) electrons. The number of fused-ring (bicyclic) bond motifs is 1. The van der Waals surface area contributed by atoms with Crippen molar-refractivity contribution in [3.63, 3.8) is 0 Å². The van der Waals surface area contributed by atoms with E-state index < -0.39 is 0 Å². The summed E-state index contributed by atoms with van der Waals surface area (Å²) in [5.74, 6) is 0.693. The minimum atomic E-state index is 0. The Morgan fingerprint density at radius 3 is 2.76 bits per heavy atom. The summed E-state index contributed by atoms with van der Waals surface area (Å²) in [6.45, 7) is 5.84. The topological polar surface area (TPSA) is 41.1 Å². The summed E-state index contributed by atoms with van der Waals surface area (Å²) in [5, 5.41) is 6.34. The minimum Gasteiger partial charge on any atom is -0.355 e. The molecule has 1 amide bonds. The molecule has 0 spiro atoms. The molecule has 2 N–H and O–H groups in total. The fraction of sp³-hybridized carbons (Fsp3) is 0.588. The van der Waals surface area contributed by atoms with Crippen LogP contribution in [0.3, 0.4) is 0 Å². The second-order valence-corrected chi connectivity index (χ2v) is 5.84. The first-order valence-electron chi connectivity index (χ1n) is 7.76. The molecule has 1 aliphatic rings. The molecule has 1 aromatic carbocycles. The van der Waals surface area contributed by atoms with Crippen LogP contribution in [0.15, 0.2) is 24.3 Å². The molecule has 0 fully saturated rings. The second-order valence-electron chi connectivity index (χ2n) is 5.84. The Kier molecular flexibility index (Phi) is 7.76. The maximum Gasteiger partial charge on any atom is 0.220 e. The van der Waals surface area contributed by atoms with Gasteiger partial charge in [-0.3, -0.25) is 4.79 Å². The number of likely N-dealkylation sites (N-methyl/N-ethyl adjacent to an activating group) is 1. The third kappa shape index (κ3) is 5.68. The molecule has 1 aromatic rings. The van der Waals surface area contributed by atoms with Gasteiger partial charge in [-0.2, -0.15) is 0 Å². The molecule has 1 unspecified atom stereocenters. The first kappa shape index (κ1) is 18.0. The number of aryl methyl sites for hydroxylation is 1. The maximum atomic E-state index is 12.0. The van der Waals surface area contributed by atoms with E-state index in [1.165, 1.54) is 11.1 Å². The Balaban J connectivity index is 0.00000220. The van der Waals surface area contributed by atoms with Gasteiger partial charge in [0.1, 0.15) is 0 Å². The van der Waals surface area contributed by atoms with Crippen molar-refractivity contribution < 1.29 is 4.79 Å². The van der Waals surface area contributed by atoms with Crippen LogP contribution in [0.5, 0.6) is 0 Å². The lowest BCUT2D eigenvalue weighted by atomic mass is 9.82. The molecule has 1 aliphatic carbocycles. The van der Waals surface area contributed by atoms with Crippen molar-refractivity contribution in [1.82, 2.24) is 10.6 Å². The lowest BCUT2D eigenvalue weighted by Crippen LogP contribution is -2.39. The highest BCUT2D eigenvalue weighted by molar-refractivity contribution is 5.85. The van der Waals surface area contributed by atoms with E-state index in [0.29, 0.717) is 18.4 Å². The van der Waals surface area contributed by atoms with Crippen molar-refractivity contribution in [2.45, 2.75) is 45.6 Å². The van der Waals surface area contributed by atoms with E-state index in [1.54, 1.807) is 0 Å². The van der Waals surface area contributed by atoms with E-state index in [0.717, 1.165) is 32.4 Å². The highest BCUT2D eigenvalue weighted by Crippen LogP contribution is 2.27. The van der Waals surface area contributed by atoms with E-state index in [-0.39, 0.29) is 18.3 Å². The monoisotopic (exact) mass is 310 g/mol. The summed E-state index contributed by atoms with van der Waals surface area (Å²) in [5.41, 5.74) is 2.89. The van der Waals surface area contributed by atoms with Crippen molar-refractivity contribution >= 4 is 18.3 Å². The number of carbonyl (C=O) groups excluding carboxylic acids is 1. The highest BCUT2D eigenvalue weighted by atomic mass is 35.5. The quantitative estimate of drug-likeness (QED) is 0.848. The normalized spacial score (nSPS) is 18.3.